The highest BCUT2D eigenvalue weighted by Crippen LogP contribution is 2.30. The van der Waals surface area contributed by atoms with Gasteiger partial charge in [-0.25, -0.2) is 14.3 Å². The van der Waals surface area contributed by atoms with E-state index >= 15 is 0 Å². The third-order valence-corrected chi connectivity index (χ3v) is 4.60. The summed E-state index contributed by atoms with van der Waals surface area (Å²) in [6.07, 6.45) is 1.09. The molecule has 0 bridgehead atoms. The van der Waals surface area contributed by atoms with Gasteiger partial charge in [-0.2, -0.15) is 0 Å². The molecule has 1 aliphatic heterocycles. The van der Waals surface area contributed by atoms with Crippen LogP contribution in [0.5, 0.6) is 11.5 Å². The first-order valence-electron chi connectivity index (χ1n) is 8.71. The summed E-state index contributed by atoms with van der Waals surface area (Å²) in [7, 11) is 3.17. The van der Waals surface area contributed by atoms with Crippen molar-refractivity contribution in [2.45, 2.75) is 12.6 Å². The topological polar surface area (TPSA) is 109 Å². The van der Waals surface area contributed by atoms with E-state index in [0.29, 0.717) is 18.1 Å². The molecule has 0 fully saturated rings. The molecule has 10 heteroatoms. The summed E-state index contributed by atoms with van der Waals surface area (Å²) < 4.78 is 15.0. The lowest BCUT2D eigenvalue weighted by Gasteiger charge is -2.26. The lowest BCUT2D eigenvalue weighted by Crippen LogP contribution is -2.46. The van der Waals surface area contributed by atoms with E-state index in [9.17, 15) is 14.4 Å². The molecule has 1 N–H and O–H groups in total. The van der Waals surface area contributed by atoms with Crippen LogP contribution in [-0.4, -0.2) is 43.8 Å². The van der Waals surface area contributed by atoms with Gasteiger partial charge in [-0.05, 0) is 12.1 Å². The van der Waals surface area contributed by atoms with Crippen LogP contribution in [0, 0.1) is 0 Å². The lowest BCUT2D eigenvalue weighted by molar-refractivity contribution is -0.122. The van der Waals surface area contributed by atoms with Crippen LogP contribution in [0.15, 0.2) is 40.2 Å². The molecule has 0 radical (unpaired) electrons. The Kier molecular flexibility index (Phi) is 4.38. The maximum atomic E-state index is 12.6. The highest BCUT2D eigenvalue weighted by molar-refractivity contribution is 5.76. The molecule has 10 nitrogen and oxygen atoms in total. The van der Waals surface area contributed by atoms with Crippen molar-refractivity contribution in [2.75, 3.05) is 13.2 Å². The second-order valence-corrected chi connectivity index (χ2v) is 6.56. The molecule has 0 spiro atoms. The Balaban J connectivity index is 1.47. The van der Waals surface area contributed by atoms with E-state index in [1.54, 1.807) is 19.2 Å². The molecule has 0 saturated carbocycles. The molecule has 146 valence electrons. The minimum absolute atomic E-state index is 0.191. The van der Waals surface area contributed by atoms with Crippen molar-refractivity contribution >= 4 is 17.1 Å². The smallest absolute Gasteiger partial charge is 0.332 e. The summed E-state index contributed by atoms with van der Waals surface area (Å²) in [5.74, 6) is 0.799. The van der Waals surface area contributed by atoms with Crippen LogP contribution in [0.1, 0.15) is 0 Å². The summed E-state index contributed by atoms with van der Waals surface area (Å²) in [5, 5.41) is 2.69. The summed E-state index contributed by atoms with van der Waals surface area (Å²) >= 11 is 0. The van der Waals surface area contributed by atoms with Crippen molar-refractivity contribution in [1.82, 2.24) is 24.0 Å². The summed E-state index contributed by atoms with van der Waals surface area (Å²) in [6, 6.07) is 7.28. The third-order valence-electron chi connectivity index (χ3n) is 4.60. The fraction of sp³-hybridized carbons (Fsp3) is 0.333. The van der Waals surface area contributed by atoms with E-state index in [0.717, 1.165) is 4.57 Å². The van der Waals surface area contributed by atoms with Crippen molar-refractivity contribution in [2.24, 2.45) is 14.1 Å². The number of aryl methyl sites for hydroxylation is 2. The number of benzene rings is 1. The normalized spacial score (nSPS) is 15.6. The molecule has 2 aromatic heterocycles. The molecule has 0 aliphatic carbocycles. The fourth-order valence-electron chi connectivity index (χ4n) is 3.13. The Labute approximate surface area is 158 Å². The number of para-hydroxylation sites is 2. The Morgan fingerprint density at radius 3 is 2.79 bits per heavy atom. The highest BCUT2D eigenvalue weighted by Gasteiger charge is 2.22. The fourth-order valence-corrected chi connectivity index (χ4v) is 3.13. The van der Waals surface area contributed by atoms with E-state index in [-0.39, 0.29) is 23.8 Å². The molecule has 0 unspecified atom stereocenters. The van der Waals surface area contributed by atoms with Crippen LogP contribution in [0.4, 0.5) is 0 Å². The van der Waals surface area contributed by atoms with Gasteiger partial charge in [0.25, 0.3) is 5.56 Å². The van der Waals surface area contributed by atoms with Crippen LogP contribution in [-0.2, 0) is 25.4 Å². The third kappa shape index (κ3) is 3.02. The van der Waals surface area contributed by atoms with E-state index in [1.807, 2.05) is 12.1 Å². The molecule has 3 heterocycles. The van der Waals surface area contributed by atoms with Crippen LogP contribution in [0.3, 0.4) is 0 Å². The van der Waals surface area contributed by atoms with Crippen molar-refractivity contribution in [3.05, 3.63) is 51.4 Å². The van der Waals surface area contributed by atoms with Crippen LogP contribution in [0.25, 0.3) is 11.2 Å². The van der Waals surface area contributed by atoms with Crippen LogP contribution in [0.2, 0.25) is 0 Å². The van der Waals surface area contributed by atoms with Gasteiger partial charge in [-0.15, -0.1) is 0 Å². The van der Waals surface area contributed by atoms with E-state index in [2.05, 4.69) is 10.3 Å². The number of imidazole rings is 1. The standard InChI is InChI=1S/C18H19N5O5/c1-21-10-20-16-15(21)17(25)23(18(26)22(16)2)8-14(24)19-7-11-9-27-12-5-3-4-6-13(12)28-11/h3-6,10-11H,7-9H2,1-2H3,(H,19,24)/t11-/m1/s1. The van der Waals surface area contributed by atoms with Gasteiger partial charge < -0.3 is 19.4 Å². The Morgan fingerprint density at radius 1 is 1.25 bits per heavy atom. The van der Waals surface area contributed by atoms with Gasteiger partial charge >= 0.3 is 5.69 Å². The monoisotopic (exact) mass is 385 g/mol. The van der Waals surface area contributed by atoms with E-state index in [4.69, 9.17) is 9.47 Å². The zero-order valence-electron chi connectivity index (χ0n) is 15.4. The molecule has 1 aliphatic rings. The second kappa shape index (κ2) is 6.87. The Bertz CT molecular complexity index is 1180. The van der Waals surface area contributed by atoms with Crippen LogP contribution >= 0.6 is 0 Å². The first-order chi connectivity index (χ1) is 13.5. The molecular formula is C18H19N5O5. The summed E-state index contributed by atoms with van der Waals surface area (Å²) in [6.45, 7) is 0.0902. The zero-order valence-corrected chi connectivity index (χ0v) is 15.4. The minimum atomic E-state index is -0.600. The highest BCUT2D eigenvalue weighted by atomic mass is 16.6. The van der Waals surface area contributed by atoms with Gasteiger partial charge in [0.1, 0.15) is 19.3 Å². The number of aromatic nitrogens is 4. The van der Waals surface area contributed by atoms with Gasteiger partial charge in [0, 0.05) is 14.1 Å². The van der Waals surface area contributed by atoms with Gasteiger partial charge in [0.2, 0.25) is 5.91 Å². The van der Waals surface area contributed by atoms with Crippen molar-refractivity contribution in [1.29, 1.82) is 0 Å². The van der Waals surface area contributed by atoms with Crippen molar-refractivity contribution < 1.29 is 14.3 Å². The molecule has 4 rings (SSSR count). The molecule has 28 heavy (non-hydrogen) atoms. The largest absolute Gasteiger partial charge is 0.486 e. The maximum absolute atomic E-state index is 12.6. The Morgan fingerprint density at radius 2 is 2.00 bits per heavy atom. The number of ether oxygens (including phenoxy) is 2. The number of nitrogens with one attached hydrogen (secondary N) is 1. The van der Waals surface area contributed by atoms with Gasteiger partial charge in [0.05, 0.1) is 12.9 Å². The van der Waals surface area contributed by atoms with E-state index < -0.39 is 23.7 Å². The Hall–Kier alpha value is -3.56. The number of fused-ring (bicyclic) bond motifs is 2. The number of amides is 1. The van der Waals surface area contributed by atoms with Crippen molar-refractivity contribution in [3.63, 3.8) is 0 Å². The number of hydrogen-bond donors (Lipinski definition) is 1. The minimum Gasteiger partial charge on any atom is -0.486 e. The maximum Gasteiger partial charge on any atom is 0.332 e. The average molecular weight is 385 g/mol. The van der Waals surface area contributed by atoms with Gasteiger partial charge in [-0.1, -0.05) is 12.1 Å². The predicted octanol–water partition coefficient (Wildman–Crippen LogP) is -0.610. The molecule has 1 amide bonds. The molecule has 1 atom stereocenters. The van der Waals surface area contributed by atoms with Gasteiger partial charge in [-0.3, -0.25) is 14.2 Å². The number of nitrogens with zero attached hydrogens (tertiary/aromatic N) is 4. The molecule has 3 aromatic rings. The first-order valence-corrected chi connectivity index (χ1v) is 8.71. The molecule has 1 aromatic carbocycles. The SMILES string of the molecule is Cn1cnc2c1c(=O)n(CC(=O)NC[C@@H]1COc3ccccc3O1)c(=O)n2C. The first kappa shape index (κ1) is 17.8. The number of carbonyl (C=O) groups excluding carboxylic acids is 1. The predicted molar refractivity (Wildman–Crippen MR) is 99.6 cm³/mol. The zero-order chi connectivity index (χ0) is 19.8. The van der Waals surface area contributed by atoms with Gasteiger partial charge in [0.15, 0.2) is 22.7 Å². The quantitative estimate of drug-likeness (QED) is 0.642. The number of rotatable bonds is 4. The van der Waals surface area contributed by atoms with Crippen molar-refractivity contribution in [3.8, 4) is 11.5 Å². The molecule has 0 saturated heterocycles. The van der Waals surface area contributed by atoms with E-state index in [1.165, 1.54) is 22.5 Å². The second-order valence-electron chi connectivity index (χ2n) is 6.56. The summed E-state index contributed by atoms with van der Waals surface area (Å²) in [4.78, 5) is 41.5. The summed E-state index contributed by atoms with van der Waals surface area (Å²) in [5.41, 5.74) is -0.618. The average Bonchev–Trinajstić information content (AvgIpc) is 3.09. The lowest BCUT2D eigenvalue weighted by atomic mass is 10.2. The van der Waals surface area contributed by atoms with Crippen LogP contribution < -0.4 is 26.0 Å². The molecular weight excluding hydrogens is 366 g/mol. The number of carbonyl (C=O) groups is 1. The number of hydrogen-bond acceptors (Lipinski definition) is 6.